The third kappa shape index (κ3) is 4.56. The normalized spacial score (nSPS) is 29.5. The predicted molar refractivity (Wildman–Crippen MR) is 134 cm³/mol. The van der Waals surface area contributed by atoms with E-state index in [1.165, 1.54) is 31.0 Å². The van der Waals surface area contributed by atoms with Gasteiger partial charge >= 0.3 is 0 Å². The van der Waals surface area contributed by atoms with Gasteiger partial charge in [0.05, 0.1) is 22.9 Å². The zero-order chi connectivity index (χ0) is 26.0. The van der Waals surface area contributed by atoms with E-state index in [0.29, 0.717) is 29.0 Å². The van der Waals surface area contributed by atoms with Crippen LogP contribution >= 0.6 is 0 Å². The van der Waals surface area contributed by atoms with Crippen molar-refractivity contribution in [3.8, 4) is 0 Å². The Balaban J connectivity index is 1.26. The van der Waals surface area contributed by atoms with Crippen molar-refractivity contribution in [3.05, 3.63) is 63.3 Å². The summed E-state index contributed by atoms with van der Waals surface area (Å²) >= 11 is 0. The second-order valence-corrected chi connectivity index (χ2v) is 11.5. The molecule has 0 unspecified atom stereocenters. The van der Waals surface area contributed by atoms with Gasteiger partial charge in [-0.3, -0.25) is 9.59 Å². The van der Waals surface area contributed by atoms with Crippen LogP contribution in [0.15, 0.2) is 35.3 Å². The van der Waals surface area contributed by atoms with Crippen molar-refractivity contribution in [2.45, 2.75) is 57.2 Å². The fraction of sp³-hybridized carbons (Fsp3) is 0.571. The first-order valence-electron chi connectivity index (χ1n) is 13.3. The van der Waals surface area contributed by atoms with E-state index in [-0.39, 0.29) is 23.2 Å². The molecule has 1 amide bonds. The fourth-order valence-electron chi connectivity index (χ4n) is 6.50. The summed E-state index contributed by atoms with van der Waals surface area (Å²) in [6.07, 6.45) is 3.11. The minimum Gasteiger partial charge on any atom is -0.381 e. The quantitative estimate of drug-likeness (QED) is 0.534. The zero-order valence-corrected chi connectivity index (χ0v) is 21.1. The number of halogens is 3. The van der Waals surface area contributed by atoms with Crippen molar-refractivity contribution in [2.75, 3.05) is 25.5 Å². The lowest BCUT2D eigenvalue weighted by molar-refractivity contribution is 0.0938. The van der Waals surface area contributed by atoms with E-state index in [4.69, 9.17) is 0 Å². The zero-order valence-electron chi connectivity index (χ0n) is 21.1. The van der Waals surface area contributed by atoms with Gasteiger partial charge in [-0.15, -0.1) is 0 Å². The number of likely N-dealkylation sites (tertiary alicyclic amines) is 1. The van der Waals surface area contributed by atoms with E-state index >= 15 is 0 Å². The number of nitrogens with one attached hydrogen (secondary N) is 2. The monoisotopic (exact) mass is 514 g/mol. The lowest BCUT2D eigenvalue weighted by atomic mass is 9.77. The molecular weight excluding hydrogens is 481 g/mol. The molecule has 4 aliphatic rings. The largest absolute Gasteiger partial charge is 0.381 e. The molecule has 1 aromatic heterocycles. The molecule has 2 N–H and O–H groups in total. The first-order valence-corrected chi connectivity index (χ1v) is 13.3. The lowest BCUT2D eigenvalue weighted by Crippen LogP contribution is -2.36. The maximum atomic E-state index is 14.7. The topological polar surface area (TPSA) is 66.4 Å². The second kappa shape index (κ2) is 9.19. The fourth-order valence-corrected chi connectivity index (χ4v) is 6.50. The first-order chi connectivity index (χ1) is 17.7. The highest BCUT2D eigenvalue weighted by Crippen LogP contribution is 2.51. The van der Waals surface area contributed by atoms with Crippen molar-refractivity contribution in [3.63, 3.8) is 0 Å². The minimum atomic E-state index is -2.94. The Morgan fingerprint density at radius 1 is 1.08 bits per heavy atom. The van der Waals surface area contributed by atoms with Gasteiger partial charge in [-0.2, -0.15) is 0 Å². The molecular formula is C28H33F3N4O2. The molecule has 37 heavy (non-hydrogen) atoms. The highest BCUT2D eigenvalue weighted by Gasteiger charge is 2.55. The summed E-state index contributed by atoms with van der Waals surface area (Å²) < 4.78 is 42.8. The number of benzene rings is 1. The molecule has 1 aromatic carbocycles. The number of carbonyl (C=O) groups excluding carboxylic acids is 1. The Morgan fingerprint density at radius 2 is 1.76 bits per heavy atom. The van der Waals surface area contributed by atoms with E-state index in [0.717, 1.165) is 37.9 Å². The summed E-state index contributed by atoms with van der Waals surface area (Å²) in [6.45, 7) is 3.52. The van der Waals surface area contributed by atoms with Crippen LogP contribution in [0, 0.1) is 29.5 Å². The Hall–Kier alpha value is -2.81. The summed E-state index contributed by atoms with van der Waals surface area (Å²) in [6, 6.07) is 4.78. The molecule has 1 aliphatic heterocycles. The predicted octanol–water partition coefficient (Wildman–Crippen LogP) is 4.75. The number of hydrogen-bond acceptors (Lipinski definition) is 4. The number of aromatic nitrogens is 1. The Morgan fingerprint density at radius 3 is 2.41 bits per heavy atom. The maximum absolute atomic E-state index is 14.7. The molecule has 0 spiro atoms. The van der Waals surface area contributed by atoms with Gasteiger partial charge in [0.2, 0.25) is 0 Å². The van der Waals surface area contributed by atoms with Gasteiger partial charge in [0, 0.05) is 43.0 Å². The molecule has 2 heterocycles. The smallest absolute Gasteiger partial charge is 0.266 e. The van der Waals surface area contributed by atoms with Gasteiger partial charge in [-0.1, -0.05) is 18.2 Å². The molecule has 0 radical (unpaired) electrons. The Bertz CT molecular complexity index is 1260. The Labute approximate surface area is 214 Å². The van der Waals surface area contributed by atoms with Crippen LogP contribution < -0.4 is 16.2 Å². The number of alkyl halides is 2. The maximum Gasteiger partial charge on any atom is 0.266 e. The summed E-state index contributed by atoms with van der Waals surface area (Å²) in [5, 5.41) is 6.22. The molecule has 2 aromatic rings. The van der Waals surface area contributed by atoms with E-state index in [9.17, 15) is 22.8 Å². The van der Waals surface area contributed by atoms with E-state index < -0.39 is 29.8 Å². The van der Waals surface area contributed by atoms with Crippen LogP contribution in [-0.2, 0) is 0 Å². The van der Waals surface area contributed by atoms with Crippen molar-refractivity contribution >= 4 is 11.6 Å². The number of amides is 1. The number of rotatable bonds is 8. The molecule has 3 aliphatic carbocycles. The van der Waals surface area contributed by atoms with Crippen LogP contribution in [0.2, 0.25) is 0 Å². The van der Waals surface area contributed by atoms with Crippen LogP contribution in [0.3, 0.4) is 0 Å². The third-order valence-electron chi connectivity index (χ3n) is 8.96. The van der Waals surface area contributed by atoms with Crippen LogP contribution in [0.5, 0.6) is 0 Å². The first kappa shape index (κ1) is 24.5. The molecule has 6 rings (SSSR count). The standard InChI is InChI=1S/C28H33F3N4O2/c1-14(18-4-3-5-19(25(18)29)27(30)31)32-28(37)22-13-35(17-8-16(9-17)15-6-7-15)24(36)10-23(22)33-26-20-11-34(2)12-21(20)26/h3-5,10,13-17,20-21,26-27,33H,6-9,11-12H2,1-2H3,(H,32,37)/t14-,16?,17?,20-,21+,26-/m1/s1. The molecule has 1 saturated heterocycles. The number of nitrogens with zero attached hydrogens (tertiary/aromatic N) is 2. The number of hydrogen-bond donors (Lipinski definition) is 2. The molecule has 4 fully saturated rings. The number of pyridine rings is 1. The van der Waals surface area contributed by atoms with Crippen molar-refractivity contribution in [2.24, 2.45) is 23.7 Å². The Kier molecular flexibility index (Phi) is 6.09. The molecule has 198 valence electrons. The van der Waals surface area contributed by atoms with Gasteiger partial charge in [0.1, 0.15) is 5.82 Å². The van der Waals surface area contributed by atoms with Gasteiger partial charge in [-0.25, -0.2) is 13.2 Å². The highest BCUT2D eigenvalue weighted by molar-refractivity contribution is 5.99. The SMILES string of the molecule is C[C@@H](NC(=O)c1cn(C2CC(C3CC3)C2)c(=O)cc1N[C@@H]1[C@@H]2CN(C)C[C@@H]21)c1cccc(C(F)F)c1F. The van der Waals surface area contributed by atoms with Gasteiger partial charge < -0.3 is 20.1 Å². The lowest BCUT2D eigenvalue weighted by Gasteiger charge is -2.37. The summed E-state index contributed by atoms with van der Waals surface area (Å²) in [4.78, 5) is 28.9. The van der Waals surface area contributed by atoms with Crippen molar-refractivity contribution < 1.29 is 18.0 Å². The average Bonchev–Trinajstić information content (AvgIpc) is 3.71. The van der Waals surface area contributed by atoms with Gasteiger partial charge in [0.15, 0.2) is 0 Å². The minimum absolute atomic E-state index is 0.0000102. The van der Waals surface area contributed by atoms with Crippen molar-refractivity contribution in [1.29, 1.82) is 0 Å². The molecule has 3 saturated carbocycles. The van der Waals surface area contributed by atoms with Crippen LogP contribution in [0.1, 0.15) is 72.6 Å². The summed E-state index contributed by atoms with van der Waals surface area (Å²) in [7, 11) is 2.08. The number of piperidine rings is 1. The molecule has 4 atom stereocenters. The highest BCUT2D eigenvalue weighted by atomic mass is 19.3. The van der Waals surface area contributed by atoms with Crippen LogP contribution in [0.4, 0.5) is 18.9 Å². The summed E-state index contributed by atoms with van der Waals surface area (Å²) in [5.74, 6) is 0.928. The number of anilines is 1. The van der Waals surface area contributed by atoms with Crippen LogP contribution in [-0.4, -0.2) is 41.6 Å². The molecule has 0 bridgehead atoms. The summed E-state index contributed by atoms with van der Waals surface area (Å²) in [5.41, 5.74) is -0.0159. The number of fused-ring (bicyclic) bond motifs is 1. The van der Waals surface area contributed by atoms with Crippen LogP contribution in [0.25, 0.3) is 0 Å². The van der Waals surface area contributed by atoms with Gasteiger partial charge in [0.25, 0.3) is 17.9 Å². The van der Waals surface area contributed by atoms with Gasteiger partial charge in [-0.05, 0) is 63.3 Å². The van der Waals surface area contributed by atoms with Crippen molar-refractivity contribution in [1.82, 2.24) is 14.8 Å². The molecule has 6 nitrogen and oxygen atoms in total. The third-order valence-corrected chi connectivity index (χ3v) is 8.96. The van der Waals surface area contributed by atoms with E-state index in [2.05, 4.69) is 22.6 Å². The van der Waals surface area contributed by atoms with E-state index in [1.54, 1.807) is 17.7 Å². The number of carbonyl (C=O) groups is 1. The van der Waals surface area contributed by atoms with E-state index in [1.807, 2.05) is 0 Å². The average molecular weight is 515 g/mol. The second-order valence-electron chi connectivity index (χ2n) is 11.5. The molecule has 9 heteroatoms.